The minimum Gasteiger partial charge on any atom is -0.384 e. The number of aromatic amines is 1. The van der Waals surface area contributed by atoms with E-state index in [1.807, 2.05) is 0 Å². The first-order valence-electron chi connectivity index (χ1n) is 5.53. The average molecular weight is 315 g/mol. The van der Waals surface area contributed by atoms with E-state index in [1.165, 1.54) is 6.20 Å². The topological polar surface area (TPSA) is 144 Å². The number of anilines is 1. The fourth-order valence-corrected chi connectivity index (χ4v) is 2.79. The Bertz CT molecular complexity index is 788. The molecule has 0 saturated heterocycles. The number of nitrogens with zero attached hydrogens (tertiary/aromatic N) is 2. The summed E-state index contributed by atoms with van der Waals surface area (Å²) in [6, 6.07) is 2.83. The Morgan fingerprint density at radius 2 is 2.19 bits per heavy atom. The number of benzene rings is 1. The highest BCUT2D eigenvalue weighted by Crippen LogP contribution is 2.26. The summed E-state index contributed by atoms with van der Waals surface area (Å²) in [4.78, 5) is 8.97. The Labute approximate surface area is 118 Å². The monoisotopic (exact) mass is 315 g/mol. The molecule has 0 fully saturated rings. The third-order valence-electron chi connectivity index (χ3n) is 2.63. The second kappa shape index (κ2) is 5.46. The smallest absolute Gasteiger partial charge is 0.324 e. The molecule has 11 heteroatoms. The second-order valence-corrected chi connectivity index (χ2v) is 5.71. The number of nitrogens with two attached hydrogens (primary N) is 1. The zero-order valence-electron chi connectivity index (χ0n) is 10.4. The summed E-state index contributed by atoms with van der Waals surface area (Å²) in [5, 5.41) is 16.8. The Kier molecular flexibility index (Phi) is 3.86. The molecule has 0 aliphatic rings. The predicted octanol–water partition coefficient (Wildman–Crippen LogP) is 0.518. The van der Waals surface area contributed by atoms with Crippen molar-refractivity contribution in [2.75, 3.05) is 5.73 Å². The van der Waals surface area contributed by atoms with E-state index in [0.29, 0.717) is 5.56 Å². The summed E-state index contributed by atoms with van der Waals surface area (Å²) in [7, 11) is -4.28. The number of nitrogen functional groups attached to an aromatic ring is 1. The maximum absolute atomic E-state index is 13.4. The lowest BCUT2D eigenvalue weighted by atomic mass is 10.3. The van der Waals surface area contributed by atoms with Crippen LogP contribution in [0.25, 0.3) is 0 Å². The van der Waals surface area contributed by atoms with Crippen molar-refractivity contribution in [3.05, 3.63) is 45.9 Å². The van der Waals surface area contributed by atoms with Crippen molar-refractivity contribution in [2.24, 2.45) is 0 Å². The molecule has 4 N–H and O–H groups in total. The minimum absolute atomic E-state index is 0.159. The van der Waals surface area contributed by atoms with Crippen LogP contribution in [0, 0.1) is 15.9 Å². The van der Waals surface area contributed by atoms with Crippen LogP contribution in [0.4, 0.5) is 15.9 Å². The SMILES string of the molecule is Nc1[nH]ncc1CNS(=O)(=O)c1cccc(F)c1[N+](=O)[O-]. The molecule has 9 nitrogen and oxygen atoms in total. The fourth-order valence-electron chi connectivity index (χ4n) is 1.60. The van der Waals surface area contributed by atoms with Crippen LogP contribution in [0.2, 0.25) is 0 Å². The molecule has 112 valence electrons. The number of hydrogen-bond donors (Lipinski definition) is 3. The normalized spacial score (nSPS) is 11.5. The van der Waals surface area contributed by atoms with Gasteiger partial charge in [-0.25, -0.2) is 13.1 Å². The minimum atomic E-state index is -4.28. The molecular weight excluding hydrogens is 305 g/mol. The number of para-hydroxylation sites is 1. The van der Waals surface area contributed by atoms with E-state index in [2.05, 4.69) is 14.9 Å². The van der Waals surface area contributed by atoms with E-state index in [9.17, 15) is 22.9 Å². The lowest BCUT2D eigenvalue weighted by molar-refractivity contribution is -0.390. The molecular formula is C10H10FN5O4S. The third-order valence-corrected chi connectivity index (χ3v) is 4.06. The number of hydrogen-bond acceptors (Lipinski definition) is 6. The molecule has 0 unspecified atom stereocenters. The third kappa shape index (κ3) is 2.98. The second-order valence-electron chi connectivity index (χ2n) is 3.98. The van der Waals surface area contributed by atoms with Gasteiger partial charge in [-0.2, -0.15) is 9.49 Å². The Balaban J connectivity index is 2.34. The average Bonchev–Trinajstić information content (AvgIpc) is 2.81. The lowest BCUT2D eigenvalue weighted by Crippen LogP contribution is -2.24. The zero-order valence-corrected chi connectivity index (χ0v) is 11.2. The lowest BCUT2D eigenvalue weighted by Gasteiger charge is -2.07. The predicted molar refractivity (Wildman–Crippen MR) is 70.1 cm³/mol. The zero-order chi connectivity index (χ0) is 15.6. The summed E-state index contributed by atoms with van der Waals surface area (Å²) < 4.78 is 39.7. The molecule has 0 amide bonds. The molecule has 0 aliphatic carbocycles. The van der Waals surface area contributed by atoms with Crippen molar-refractivity contribution in [2.45, 2.75) is 11.4 Å². The maximum Gasteiger partial charge on any atom is 0.324 e. The Morgan fingerprint density at radius 3 is 2.76 bits per heavy atom. The van der Waals surface area contributed by atoms with Crippen molar-refractivity contribution in [3.8, 4) is 0 Å². The van der Waals surface area contributed by atoms with E-state index in [4.69, 9.17) is 5.73 Å². The molecule has 21 heavy (non-hydrogen) atoms. The summed E-state index contributed by atoms with van der Waals surface area (Å²) >= 11 is 0. The first-order valence-corrected chi connectivity index (χ1v) is 7.01. The van der Waals surface area contributed by atoms with Crippen molar-refractivity contribution in [3.63, 3.8) is 0 Å². The highest BCUT2D eigenvalue weighted by atomic mass is 32.2. The number of H-pyrrole nitrogens is 1. The first kappa shape index (κ1) is 14.9. The van der Waals surface area contributed by atoms with Crippen molar-refractivity contribution >= 4 is 21.5 Å². The number of nitro benzene ring substituents is 1. The van der Waals surface area contributed by atoms with Crippen LogP contribution in [-0.2, 0) is 16.6 Å². The van der Waals surface area contributed by atoms with Gasteiger partial charge in [0, 0.05) is 12.1 Å². The first-order chi connectivity index (χ1) is 9.83. The van der Waals surface area contributed by atoms with Gasteiger partial charge in [0.1, 0.15) is 5.82 Å². The van der Waals surface area contributed by atoms with Crippen LogP contribution >= 0.6 is 0 Å². The van der Waals surface area contributed by atoms with Crippen molar-refractivity contribution in [1.29, 1.82) is 0 Å². The molecule has 1 aromatic heterocycles. The summed E-state index contributed by atoms with van der Waals surface area (Å²) in [5.41, 5.74) is 4.74. The summed E-state index contributed by atoms with van der Waals surface area (Å²) in [6.07, 6.45) is 1.30. The van der Waals surface area contributed by atoms with Gasteiger partial charge in [-0.05, 0) is 12.1 Å². The molecule has 2 aromatic rings. The van der Waals surface area contributed by atoms with Crippen molar-refractivity contribution in [1.82, 2.24) is 14.9 Å². The van der Waals surface area contributed by atoms with Gasteiger partial charge in [-0.15, -0.1) is 0 Å². The van der Waals surface area contributed by atoms with Gasteiger partial charge >= 0.3 is 5.69 Å². The highest BCUT2D eigenvalue weighted by molar-refractivity contribution is 7.89. The molecule has 0 spiro atoms. The summed E-state index contributed by atoms with van der Waals surface area (Å²) in [5.74, 6) is -1.07. The van der Waals surface area contributed by atoms with Crippen molar-refractivity contribution < 1.29 is 17.7 Å². The molecule has 1 aromatic carbocycles. The number of rotatable bonds is 5. The molecule has 0 saturated carbocycles. The standard InChI is InChI=1S/C10H10FN5O4S/c11-7-2-1-3-8(9(7)16(17)18)21(19,20)14-5-6-4-13-15-10(6)12/h1-4,14H,5H2,(H3,12,13,15). The molecule has 1 heterocycles. The molecule has 0 atom stereocenters. The van der Waals surface area contributed by atoms with Gasteiger partial charge in [0.2, 0.25) is 15.8 Å². The van der Waals surface area contributed by atoms with E-state index in [0.717, 1.165) is 18.2 Å². The quantitative estimate of drug-likeness (QED) is 0.542. The fraction of sp³-hybridized carbons (Fsp3) is 0.100. The van der Waals surface area contributed by atoms with Gasteiger partial charge in [-0.1, -0.05) is 6.07 Å². The molecule has 0 radical (unpaired) electrons. The number of aromatic nitrogens is 2. The number of nitro groups is 1. The van der Waals surface area contributed by atoms with Crippen LogP contribution in [-0.4, -0.2) is 23.5 Å². The Hall–Kier alpha value is -2.53. The van der Waals surface area contributed by atoms with Gasteiger partial charge < -0.3 is 5.73 Å². The molecule has 0 aliphatic heterocycles. The Morgan fingerprint density at radius 1 is 1.48 bits per heavy atom. The molecule has 2 rings (SSSR count). The van der Waals surface area contributed by atoms with E-state index < -0.39 is 31.3 Å². The highest BCUT2D eigenvalue weighted by Gasteiger charge is 2.29. The van der Waals surface area contributed by atoms with E-state index in [1.54, 1.807) is 0 Å². The van der Waals surface area contributed by atoms with Crippen LogP contribution in [0.15, 0.2) is 29.3 Å². The summed E-state index contributed by atoms with van der Waals surface area (Å²) in [6.45, 7) is -0.238. The van der Waals surface area contributed by atoms with E-state index in [-0.39, 0.29) is 12.4 Å². The van der Waals surface area contributed by atoms with Gasteiger partial charge in [0.05, 0.1) is 11.1 Å². The van der Waals surface area contributed by atoms with Crippen LogP contribution < -0.4 is 10.5 Å². The van der Waals surface area contributed by atoms with Crippen LogP contribution in [0.3, 0.4) is 0 Å². The largest absolute Gasteiger partial charge is 0.384 e. The molecule has 0 bridgehead atoms. The number of nitrogens with one attached hydrogen (secondary N) is 2. The maximum atomic E-state index is 13.4. The van der Waals surface area contributed by atoms with Gasteiger partial charge in [0.25, 0.3) is 0 Å². The number of sulfonamides is 1. The number of halogens is 1. The van der Waals surface area contributed by atoms with Gasteiger partial charge in [-0.3, -0.25) is 15.2 Å². The van der Waals surface area contributed by atoms with Crippen LogP contribution in [0.1, 0.15) is 5.56 Å². The van der Waals surface area contributed by atoms with Crippen LogP contribution in [0.5, 0.6) is 0 Å². The van der Waals surface area contributed by atoms with E-state index >= 15 is 0 Å². The van der Waals surface area contributed by atoms with Gasteiger partial charge in [0.15, 0.2) is 4.90 Å².